The van der Waals surface area contributed by atoms with Crippen molar-refractivity contribution in [2.24, 2.45) is 0 Å². The van der Waals surface area contributed by atoms with Crippen molar-refractivity contribution in [1.29, 1.82) is 0 Å². The highest BCUT2D eigenvalue weighted by Crippen LogP contribution is 2.22. The van der Waals surface area contributed by atoms with Gasteiger partial charge >= 0.3 is 6.03 Å². The molecule has 4 rings (SSSR count). The number of amides is 2. The van der Waals surface area contributed by atoms with Gasteiger partial charge in [-0.05, 0) is 60.7 Å². The van der Waals surface area contributed by atoms with E-state index in [0.717, 1.165) is 32.6 Å². The fourth-order valence-electron chi connectivity index (χ4n) is 2.63. The second kappa shape index (κ2) is 7.01. The number of carbonyl (C=O) groups is 1. The maximum atomic E-state index is 12.1. The molecular formula is C20H15BrN4O. The highest BCUT2D eigenvalue weighted by Gasteiger charge is 2.06. The normalized spacial score (nSPS) is 10.7. The largest absolute Gasteiger partial charge is 0.338 e. The third-order valence-electron chi connectivity index (χ3n) is 3.91. The number of urea groups is 1. The third-order valence-corrected chi connectivity index (χ3v) is 4.44. The van der Waals surface area contributed by atoms with E-state index in [4.69, 9.17) is 0 Å². The van der Waals surface area contributed by atoms with E-state index in [-0.39, 0.29) is 6.03 Å². The molecular weight excluding hydrogens is 392 g/mol. The average molecular weight is 407 g/mol. The number of anilines is 2. The highest BCUT2D eigenvalue weighted by molar-refractivity contribution is 9.10. The minimum Gasteiger partial charge on any atom is -0.338 e. The number of benzene rings is 3. The Labute approximate surface area is 158 Å². The van der Waals surface area contributed by atoms with Crippen LogP contribution in [0.25, 0.3) is 22.4 Å². The van der Waals surface area contributed by atoms with Crippen LogP contribution in [0.15, 0.2) is 77.3 Å². The summed E-state index contributed by atoms with van der Waals surface area (Å²) >= 11 is 3.37. The number of H-pyrrole nitrogens is 1. The number of nitrogens with zero attached hydrogens (tertiary/aromatic N) is 1. The summed E-state index contributed by atoms with van der Waals surface area (Å²) in [6.07, 6.45) is 0. The predicted molar refractivity (Wildman–Crippen MR) is 108 cm³/mol. The molecule has 0 atom stereocenters. The first-order chi connectivity index (χ1) is 12.7. The molecule has 128 valence electrons. The van der Waals surface area contributed by atoms with Crippen LogP contribution in [0.1, 0.15) is 0 Å². The summed E-state index contributed by atoms with van der Waals surface area (Å²) in [5.41, 5.74) is 4.32. The van der Waals surface area contributed by atoms with Crippen LogP contribution >= 0.6 is 15.9 Å². The van der Waals surface area contributed by atoms with Gasteiger partial charge in [-0.2, -0.15) is 0 Å². The van der Waals surface area contributed by atoms with Crippen molar-refractivity contribution in [3.8, 4) is 11.4 Å². The second-order valence-electron chi connectivity index (χ2n) is 5.77. The van der Waals surface area contributed by atoms with Crippen molar-refractivity contribution in [2.45, 2.75) is 0 Å². The molecule has 1 aromatic heterocycles. The van der Waals surface area contributed by atoms with Gasteiger partial charge < -0.3 is 15.6 Å². The zero-order chi connectivity index (χ0) is 17.9. The Morgan fingerprint density at radius 2 is 1.46 bits per heavy atom. The number of aromatic amines is 1. The van der Waals surface area contributed by atoms with Crippen LogP contribution in [0, 0.1) is 0 Å². The molecule has 1 heterocycles. The molecule has 0 unspecified atom stereocenters. The van der Waals surface area contributed by atoms with E-state index >= 15 is 0 Å². The smallest absolute Gasteiger partial charge is 0.323 e. The van der Waals surface area contributed by atoms with Crippen LogP contribution in [-0.4, -0.2) is 16.0 Å². The van der Waals surface area contributed by atoms with Crippen LogP contribution in [0.2, 0.25) is 0 Å². The van der Waals surface area contributed by atoms with Gasteiger partial charge in [-0.15, -0.1) is 0 Å². The third kappa shape index (κ3) is 3.60. The summed E-state index contributed by atoms with van der Waals surface area (Å²) < 4.78 is 0.963. The molecule has 3 aromatic carbocycles. The Morgan fingerprint density at radius 1 is 0.846 bits per heavy atom. The molecule has 0 aliphatic heterocycles. The summed E-state index contributed by atoms with van der Waals surface area (Å²) in [5.74, 6) is 0.803. The van der Waals surface area contributed by atoms with Gasteiger partial charge in [0.2, 0.25) is 0 Å². The van der Waals surface area contributed by atoms with E-state index in [1.807, 2.05) is 72.8 Å². The summed E-state index contributed by atoms with van der Waals surface area (Å²) in [6.45, 7) is 0. The second-order valence-corrected chi connectivity index (χ2v) is 6.68. The highest BCUT2D eigenvalue weighted by atomic mass is 79.9. The lowest BCUT2D eigenvalue weighted by atomic mass is 10.2. The zero-order valence-electron chi connectivity index (χ0n) is 13.7. The van der Waals surface area contributed by atoms with Gasteiger partial charge in [0.15, 0.2) is 0 Å². The molecule has 0 radical (unpaired) electrons. The lowest BCUT2D eigenvalue weighted by Gasteiger charge is -2.08. The fraction of sp³-hybridized carbons (Fsp3) is 0. The van der Waals surface area contributed by atoms with E-state index in [2.05, 4.69) is 36.5 Å². The molecule has 26 heavy (non-hydrogen) atoms. The summed E-state index contributed by atoms with van der Waals surface area (Å²) in [5, 5.41) is 5.61. The number of carbonyl (C=O) groups excluding carboxylic acids is 1. The van der Waals surface area contributed by atoms with Crippen LogP contribution in [-0.2, 0) is 0 Å². The first-order valence-corrected chi connectivity index (χ1v) is 8.85. The topological polar surface area (TPSA) is 69.8 Å². The lowest BCUT2D eigenvalue weighted by molar-refractivity contribution is 0.262. The number of aromatic nitrogens is 2. The Hall–Kier alpha value is -3.12. The molecule has 0 aliphatic carbocycles. The average Bonchev–Trinajstić information content (AvgIpc) is 3.08. The quantitative estimate of drug-likeness (QED) is 0.412. The molecule has 0 aliphatic rings. The number of hydrogen-bond donors (Lipinski definition) is 3. The number of fused-ring (bicyclic) bond motifs is 1. The van der Waals surface area contributed by atoms with E-state index in [0.29, 0.717) is 5.69 Å². The molecule has 0 saturated heterocycles. The summed E-state index contributed by atoms with van der Waals surface area (Å²) in [7, 11) is 0. The molecule has 0 bridgehead atoms. The lowest BCUT2D eigenvalue weighted by Crippen LogP contribution is -2.19. The molecule has 0 saturated carbocycles. The number of imidazole rings is 1. The maximum Gasteiger partial charge on any atom is 0.323 e. The Balaban J connectivity index is 1.45. The number of rotatable bonds is 3. The minimum atomic E-state index is -0.288. The van der Waals surface area contributed by atoms with Gasteiger partial charge in [0.25, 0.3) is 0 Å². The zero-order valence-corrected chi connectivity index (χ0v) is 15.2. The van der Waals surface area contributed by atoms with E-state index in [1.54, 1.807) is 0 Å². The molecule has 0 spiro atoms. The van der Waals surface area contributed by atoms with Crippen molar-refractivity contribution in [2.75, 3.05) is 10.6 Å². The number of nitrogens with one attached hydrogen (secondary N) is 3. The molecule has 0 fully saturated rings. The van der Waals surface area contributed by atoms with Crippen molar-refractivity contribution >= 4 is 44.4 Å². The Kier molecular flexibility index (Phi) is 4.41. The molecule has 5 nitrogen and oxygen atoms in total. The van der Waals surface area contributed by atoms with Crippen LogP contribution in [0.3, 0.4) is 0 Å². The minimum absolute atomic E-state index is 0.288. The molecule has 6 heteroatoms. The van der Waals surface area contributed by atoms with Crippen LogP contribution < -0.4 is 10.6 Å². The van der Waals surface area contributed by atoms with Gasteiger partial charge in [0.05, 0.1) is 11.0 Å². The van der Waals surface area contributed by atoms with Gasteiger partial charge in [-0.1, -0.05) is 28.1 Å². The number of para-hydroxylation sites is 2. The monoisotopic (exact) mass is 406 g/mol. The van der Waals surface area contributed by atoms with E-state index in [9.17, 15) is 4.79 Å². The number of halogens is 1. The maximum absolute atomic E-state index is 12.1. The van der Waals surface area contributed by atoms with Crippen molar-refractivity contribution in [3.05, 3.63) is 77.3 Å². The standard InChI is InChI=1S/C20H15BrN4O/c21-14-7-11-16(12-8-14)23-20(26)22-15-9-5-13(6-10-15)19-24-17-3-1-2-4-18(17)25-19/h1-12H,(H,24,25)(H2,22,23,26). The summed E-state index contributed by atoms with van der Waals surface area (Å²) in [4.78, 5) is 20.0. The molecule has 3 N–H and O–H groups in total. The summed E-state index contributed by atoms with van der Waals surface area (Å²) in [6, 6.07) is 22.6. The van der Waals surface area contributed by atoms with Gasteiger partial charge in [0.1, 0.15) is 5.82 Å². The van der Waals surface area contributed by atoms with Gasteiger partial charge in [-0.3, -0.25) is 0 Å². The Bertz CT molecular complexity index is 1020. The van der Waals surface area contributed by atoms with Gasteiger partial charge in [0, 0.05) is 21.4 Å². The fourth-order valence-corrected chi connectivity index (χ4v) is 2.89. The van der Waals surface area contributed by atoms with Crippen LogP contribution in [0.5, 0.6) is 0 Å². The molecule has 4 aromatic rings. The first-order valence-electron chi connectivity index (χ1n) is 8.06. The van der Waals surface area contributed by atoms with E-state index in [1.165, 1.54) is 0 Å². The Morgan fingerprint density at radius 3 is 2.12 bits per heavy atom. The van der Waals surface area contributed by atoms with Crippen molar-refractivity contribution in [3.63, 3.8) is 0 Å². The van der Waals surface area contributed by atoms with E-state index < -0.39 is 0 Å². The first kappa shape index (κ1) is 16.4. The molecule has 2 amide bonds. The predicted octanol–water partition coefficient (Wildman–Crippen LogP) is 5.64. The van der Waals surface area contributed by atoms with Gasteiger partial charge in [-0.25, -0.2) is 9.78 Å². The van der Waals surface area contributed by atoms with Crippen molar-refractivity contribution < 1.29 is 4.79 Å². The van der Waals surface area contributed by atoms with Crippen LogP contribution in [0.4, 0.5) is 16.2 Å². The SMILES string of the molecule is O=C(Nc1ccc(Br)cc1)Nc1ccc(-c2nc3ccccc3[nH]2)cc1. The number of hydrogen-bond acceptors (Lipinski definition) is 2. The van der Waals surface area contributed by atoms with Crippen molar-refractivity contribution in [1.82, 2.24) is 9.97 Å².